The van der Waals surface area contributed by atoms with Gasteiger partial charge in [0.05, 0.1) is 0 Å². The molecule has 0 saturated carbocycles. The highest BCUT2D eigenvalue weighted by molar-refractivity contribution is 8.29. The van der Waals surface area contributed by atoms with Crippen LogP contribution in [0.25, 0.3) is 0 Å². The third-order valence-corrected chi connectivity index (χ3v) is 2.93. The number of hydrogen-bond donors (Lipinski definition) is 1. The molecule has 10 heteroatoms. The maximum absolute atomic E-state index is 10.8. The Morgan fingerprint density at radius 3 is 2.00 bits per heavy atom. The van der Waals surface area contributed by atoms with Gasteiger partial charge < -0.3 is 0 Å². The van der Waals surface area contributed by atoms with E-state index >= 15 is 0 Å². The van der Waals surface area contributed by atoms with Crippen LogP contribution in [0.5, 0.6) is 0 Å². The molecule has 0 aliphatic heterocycles. The van der Waals surface area contributed by atoms with Gasteiger partial charge in [0.25, 0.3) is 0 Å². The summed E-state index contributed by atoms with van der Waals surface area (Å²) < 4.78 is 46.7. The summed E-state index contributed by atoms with van der Waals surface area (Å²) in [6, 6.07) is 0. The summed E-state index contributed by atoms with van der Waals surface area (Å²) in [4.78, 5) is 0. The summed E-state index contributed by atoms with van der Waals surface area (Å²) >= 11 is 4.07. The van der Waals surface area contributed by atoms with E-state index < -0.39 is 19.5 Å². The maximum atomic E-state index is 10.8. The van der Waals surface area contributed by atoms with Crippen molar-refractivity contribution in [2.75, 3.05) is 14.1 Å². The van der Waals surface area contributed by atoms with E-state index in [2.05, 4.69) is 19.1 Å². The van der Waals surface area contributed by atoms with Crippen LogP contribution in [0.2, 0.25) is 0 Å². The lowest BCUT2D eigenvalue weighted by atomic mass is 11.2. The molecule has 1 N–H and O–H groups in total. The minimum Gasteiger partial charge on any atom is -0.263 e. The summed E-state index contributed by atoms with van der Waals surface area (Å²) in [7, 11) is -6.14. The summed E-state index contributed by atoms with van der Waals surface area (Å²) in [6.07, 6.45) is 0. The van der Waals surface area contributed by atoms with Crippen LogP contribution < -0.4 is 0 Å². The van der Waals surface area contributed by atoms with Gasteiger partial charge in [-0.2, -0.15) is 22.0 Å². The molecular formula is C2H7NO6S3. The van der Waals surface area contributed by atoms with Crippen LogP contribution in [-0.2, 0) is 38.6 Å². The molecule has 0 aromatic carbocycles. The van der Waals surface area contributed by atoms with Crippen LogP contribution in [0, 0.1) is 0 Å². The lowest BCUT2D eigenvalue weighted by molar-refractivity contribution is 0.00344. The predicted molar refractivity (Wildman–Crippen MR) is 42.9 cm³/mol. The van der Waals surface area contributed by atoms with Crippen molar-refractivity contribution in [3.8, 4) is 0 Å². The van der Waals surface area contributed by atoms with E-state index in [1.54, 1.807) is 0 Å². The van der Waals surface area contributed by atoms with E-state index in [0.29, 0.717) is 0 Å². The van der Waals surface area contributed by atoms with Gasteiger partial charge in [-0.15, -0.1) is 3.63 Å². The van der Waals surface area contributed by atoms with E-state index in [9.17, 15) is 12.6 Å². The van der Waals surface area contributed by atoms with Gasteiger partial charge in [-0.1, -0.05) is 0 Å². The van der Waals surface area contributed by atoms with Gasteiger partial charge in [0.15, 0.2) is 0 Å². The molecule has 0 aromatic heterocycles. The monoisotopic (exact) mass is 237 g/mol. The normalized spacial score (nSPS) is 17.7. The molecule has 0 aliphatic rings. The molecule has 0 saturated heterocycles. The Labute approximate surface area is 75.3 Å². The minimum atomic E-state index is -4.86. The molecule has 0 spiro atoms. The molecule has 0 aliphatic carbocycles. The number of hydroxylamine groups is 2. The second kappa shape index (κ2) is 3.91. The fourth-order valence-corrected chi connectivity index (χ4v) is 2.60. The topological polar surface area (TPSA) is 93.1 Å². The average Bonchev–Trinajstić information content (AvgIpc) is 1.48. The standard InChI is InChI=1S/C2H7NO6S3/c1-3(2)8-12(7,10)9-11(4,5)6/h1-2H3,(H,4,5,6). The molecule has 0 aromatic rings. The van der Waals surface area contributed by atoms with Crippen molar-refractivity contribution in [3.63, 3.8) is 0 Å². The van der Waals surface area contributed by atoms with Crippen molar-refractivity contribution in [3.05, 3.63) is 0 Å². The largest absolute Gasteiger partial charge is 0.412 e. The second-order valence-corrected chi connectivity index (χ2v) is 5.38. The number of hydrogen-bond acceptors (Lipinski definition) is 7. The van der Waals surface area contributed by atoms with Crippen LogP contribution in [0.3, 0.4) is 0 Å². The molecule has 0 rings (SSSR count). The molecule has 0 radical (unpaired) electrons. The van der Waals surface area contributed by atoms with Crippen molar-refractivity contribution in [2.24, 2.45) is 0 Å². The minimum absolute atomic E-state index is 0.889. The quantitative estimate of drug-likeness (QED) is 0.485. The lowest BCUT2D eigenvalue weighted by Crippen LogP contribution is -2.22. The molecule has 1 unspecified atom stereocenters. The summed E-state index contributed by atoms with van der Waals surface area (Å²) in [5, 5.41) is 0.889. The molecule has 74 valence electrons. The Morgan fingerprint density at radius 2 is 1.75 bits per heavy atom. The zero-order valence-corrected chi connectivity index (χ0v) is 8.61. The van der Waals surface area contributed by atoms with Gasteiger partial charge in [0.1, 0.15) is 0 Å². The molecule has 0 amide bonds. The third kappa shape index (κ3) is 6.84. The summed E-state index contributed by atoms with van der Waals surface area (Å²) in [5.41, 5.74) is 0. The van der Waals surface area contributed by atoms with Gasteiger partial charge in [-0.05, 0) is 0 Å². The van der Waals surface area contributed by atoms with E-state index in [0.717, 1.165) is 5.06 Å². The summed E-state index contributed by atoms with van der Waals surface area (Å²) in [5.74, 6) is 0. The maximum Gasteiger partial charge on any atom is 0.412 e. The first-order valence-electron chi connectivity index (χ1n) is 2.43. The average molecular weight is 237 g/mol. The lowest BCUT2D eigenvalue weighted by Gasteiger charge is -2.09. The molecular weight excluding hydrogens is 230 g/mol. The van der Waals surface area contributed by atoms with E-state index in [-0.39, 0.29) is 0 Å². The zero-order valence-electron chi connectivity index (χ0n) is 6.16. The highest BCUT2D eigenvalue weighted by Gasteiger charge is 2.18. The molecule has 1 atom stereocenters. The molecule has 7 nitrogen and oxygen atoms in total. The van der Waals surface area contributed by atoms with Gasteiger partial charge in [-0.3, -0.25) is 4.55 Å². The first kappa shape index (κ1) is 12.2. The number of rotatable bonds is 4. The van der Waals surface area contributed by atoms with E-state index in [1.165, 1.54) is 14.1 Å². The summed E-state index contributed by atoms with van der Waals surface area (Å²) in [6.45, 7) is 0. The Balaban J connectivity index is 4.47. The van der Waals surface area contributed by atoms with Gasteiger partial charge in [-0.25, -0.2) is 0 Å². The highest BCUT2D eigenvalue weighted by atomic mass is 32.9. The van der Waals surface area contributed by atoms with Gasteiger partial charge in [0, 0.05) is 25.3 Å². The Hall–Kier alpha value is 0.160. The first-order valence-corrected chi connectivity index (χ1v) is 6.12. The van der Waals surface area contributed by atoms with Crippen LogP contribution >= 0.6 is 0 Å². The SMILES string of the molecule is CN(C)OS(=O)(=S)OS(=O)(=O)O. The fraction of sp³-hybridized carbons (Fsp3) is 1.00. The molecule has 12 heavy (non-hydrogen) atoms. The van der Waals surface area contributed by atoms with Crippen molar-refractivity contribution in [1.82, 2.24) is 5.06 Å². The smallest absolute Gasteiger partial charge is 0.263 e. The highest BCUT2D eigenvalue weighted by Crippen LogP contribution is 2.02. The van der Waals surface area contributed by atoms with Crippen LogP contribution in [0.1, 0.15) is 0 Å². The third-order valence-electron chi connectivity index (χ3n) is 0.410. The molecule has 0 heterocycles. The Kier molecular flexibility index (Phi) is 3.96. The predicted octanol–water partition coefficient (Wildman–Crippen LogP) is -1.12. The second-order valence-electron chi connectivity index (χ2n) is 1.79. The molecule has 0 bridgehead atoms. The van der Waals surface area contributed by atoms with Crippen molar-refractivity contribution in [1.29, 1.82) is 0 Å². The fourth-order valence-electron chi connectivity index (χ4n) is 0.300. The van der Waals surface area contributed by atoms with Crippen molar-refractivity contribution in [2.45, 2.75) is 0 Å². The van der Waals surface area contributed by atoms with Crippen molar-refractivity contribution >= 4 is 30.6 Å². The van der Waals surface area contributed by atoms with Crippen molar-refractivity contribution < 1.29 is 25.1 Å². The zero-order chi connectivity index (χ0) is 9.99. The van der Waals surface area contributed by atoms with Crippen LogP contribution in [0.15, 0.2) is 0 Å². The van der Waals surface area contributed by atoms with Crippen LogP contribution in [0.4, 0.5) is 0 Å². The Morgan fingerprint density at radius 1 is 1.33 bits per heavy atom. The van der Waals surface area contributed by atoms with Crippen LogP contribution in [-0.4, -0.2) is 36.3 Å². The van der Waals surface area contributed by atoms with E-state index in [4.69, 9.17) is 4.55 Å². The number of nitrogens with zero attached hydrogens (tertiary/aromatic N) is 1. The van der Waals surface area contributed by atoms with Gasteiger partial charge >= 0.3 is 19.5 Å². The van der Waals surface area contributed by atoms with E-state index in [1.807, 2.05) is 0 Å². The Bertz CT molecular complexity index is 326. The molecule has 0 fully saturated rings. The van der Waals surface area contributed by atoms with Gasteiger partial charge in [0.2, 0.25) is 0 Å². The first-order chi connectivity index (χ1) is 5.12.